The van der Waals surface area contributed by atoms with Gasteiger partial charge in [-0.1, -0.05) is 36.4 Å². The fourth-order valence-electron chi connectivity index (χ4n) is 2.56. The van der Waals surface area contributed by atoms with E-state index in [1.54, 1.807) is 6.92 Å². The van der Waals surface area contributed by atoms with Gasteiger partial charge in [0.05, 0.1) is 0 Å². The van der Waals surface area contributed by atoms with Crippen molar-refractivity contribution in [1.82, 2.24) is 0 Å². The molecule has 2 aromatic carbocycles. The Kier molecular flexibility index (Phi) is 4.67. The zero-order valence-electron chi connectivity index (χ0n) is 12.1. The molecule has 0 heterocycles. The molecule has 20 heavy (non-hydrogen) atoms. The standard InChI is InChI=1S/C18H20O2/c1-13-7-5-9-15-10-6-11-16(18(13)15)17(20)12-4-3-8-14(2)19/h5-7,9-11H,3-4,8,12H2,1-2H3. The third-order valence-electron chi connectivity index (χ3n) is 3.60. The zero-order chi connectivity index (χ0) is 14.5. The van der Waals surface area contributed by atoms with Crippen molar-refractivity contribution >= 4 is 22.3 Å². The van der Waals surface area contributed by atoms with E-state index in [1.165, 1.54) is 0 Å². The van der Waals surface area contributed by atoms with E-state index < -0.39 is 0 Å². The molecular formula is C18H20O2. The Morgan fingerprint density at radius 3 is 2.30 bits per heavy atom. The summed E-state index contributed by atoms with van der Waals surface area (Å²) in [5.74, 6) is 0.368. The van der Waals surface area contributed by atoms with Crippen LogP contribution in [-0.2, 0) is 4.79 Å². The minimum Gasteiger partial charge on any atom is -0.300 e. The quantitative estimate of drug-likeness (QED) is 0.571. The number of hydrogen-bond donors (Lipinski definition) is 0. The third kappa shape index (κ3) is 3.32. The van der Waals surface area contributed by atoms with Crippen molar-refractivity contribution in [2.45, 2.75) is 39.5 Å². The van der Waals surface area contributed by atoms with Gasteiger partial charge in [0.25, 0.3) is 0 Å². The van der Waals surface area contributed by atoms with Gasteiger partial charge >= 0.3 is 0 Å². The Balaban J connectivity index is 2.16. The second-order valence-electron chi connectivity index (χ2n) is 5.31. The Labute approximate surface area is 119 Å². The van der Waals surface area contributed by atoms with E-state index in [-0.39, 0.29) is 11.6 Å². The van der Waals surface area contributed by atoms with Gasteiger partial charge in [-0.3, -0.25) is 4.79 Å². The number of carbonyl (C=O) groups excluding carboxylic acids is 2. The van der Waals surface area contributed by atoms with Crippen molar-refractivity contribution in [2.75, 3.05) is 0 Å². The predicted octanol–water partition coefficient (Wildman–Crippen LogP) is 4.48. The molecule has 2 nitrogen and oxygen atoms in total. The largest absolute Gasteiger partial charge is 0.300 e. The van der Waals surface area contributed by atoms with E-state index in [1.807, 2.05) is 43.3 Å². The van der Waals surface area contributed by atoms with Gasteiger partial charge in [0.1, 0.15) is 5.78 Å². The van der Waals surface area contributed by atoms with E-state index in [9.17, 15) is 9.59 Å². The fourth-order valence-corrected chi connectivity index (χ4v) is 2.56. The smallest absolute Gasteiger partial charge is 0.163 e. The SMILES string of the molecule is CC(=O)CCCCC(=O)c1cccc2cccc(C)c12. The first-order valence-corrected chi connectivity index (χ1v) is 7.10. The summed E-state index contributed by atoms with van der Waals surface area (Å²) >= 11 is 0. The highest BCUT2D eigenvalue weighted by Crippen LogP contribution is 2.24. The molecule has 0 saturated heterocycles. The Hall–Kier alpha value is -1.96. The highest BCUT2D eigenvalue weighted by Gasteiger charge is 2.11. The lowest BCUT2D eigenvalue weighted by atomic mass is 9.95. The molecule has 104 valence electrons. The lowest BCUT2D eigenvalue weighted by Crippen LogP contribution is -2.01. The minimum absolute atomic E-state index is 0.174. The average molecular weight is 268 g/mol. The van der Waals surface area contributed by atoms with Crippen LogP contribution in [0.2, 0.25) is 0 Å². The summed E-state index contributed by atoms with van der Waals surface area (Å²) in [4.78, 5) is 23.3. The molecule has 0 unspecified atom stereocenters. The van der Waals surface area contributed by atoms with Crippen molar-refractivity contribution in [1.29, 1.82) is 0 Å². The van der Waals surface area contributed by atoms with Gasteiger partial charge in [0.2, 0.25) is 0 Å². The van der Waals surface area contributed by atoms with Crippen LogP contribution in [0.25, 0.3) is 10.8 Å². The number of hydrogen-bond acceptors (Lipinski definition) is 2. The molecule has 0 N–H and O–H groups in total. The van der Waals surface area contributed by atoms with Crippen LogP contribution in [0.4, 0.5) is 0 Å². The van der Waals surface area contributed by atoms with Crippen LogP contribution in [0.1, 0.15) is 48.5 Å². The first-order chi connectivity index (χ1) is 9.59. The summed E-state index contributed by atoms with van der Waals surface area (Å²) in [7, 11) is 0. The highest BCUT2D eigenvalue weighted by molar-refractivity contribution is 6.09. The molecule has 0 bridgehead atoms. The predicted molar refractivity (Wildman–Crippen MR) is 82.2 cm³/mol. The first kappa shape index (κ1) is 14.4. The number of rotatable bonds is 6. The van der Waals surface area contributed by atoms with Crippen LogP contribution in [-0.4, -0.2) is 11.6 Å². The molecule has 2 heteroatoms. The maximum atomic E-state index is 12.4. The number of aryl methyl sites for hydroxylation is 1. The van der Waals surface area contributed by atoms with Gasteiger partial charge < -0.3 is 4.79 Å². The second-order valence-corrected chi connectivity index (χ2v) is 5.31. The fraction of sp³-hybridized carbons (Fsp3) is 0.333. The summed E-state index contributed by atoms with van der Waals surface area (Å²) in [5.41, 5.74) is 1.94. The van der Waals surface area contributed by atoms with Gasteiger partial charge in [-0.25, -0.2) is 0 Å². The van der Waals surface area contributed by atoms with Gasteiger partial charge in [0.15, 0.2) is 5.78 Å². The molecule has 0 aliphatic carbocycles. The van der Waals surface area contributed by atoms with E-state index in [4.69, 9.17) is 0 Å². The molecule has 2 aromatic rings. The van der Waals surface area contributed by atoms with Crippen LogP contribution in [0.5, 0.6) is 0 Å². The van der Waals surface area contributed by atoms with E-state index >= 15 is 0 Å². The molecular weight excluding hydrogens is 248 g/mol. The minimum atomic E-state index is 0.174. The zero-order valence-corrected chi connectivity index (χ0v) is 12.1. The molecule has 0 atom stereocenters. The Morgan fingerprint density at radius 1 is 0.950 bits per heavy atom. The first-order valence-electron chi connectivity index (χ1n) is 7.10. The van der Waals surface area contributed by atoms with Crippen LogP contribution in [0.15, 0.2) is 36.4 Å². The molecule has 0 fully saturated rings. The summed E-state index contributed by atoms with van der Waals surface area (Å²) in [6, 6.07) is 12.0. The van der Waals surface area contributed by atoms with Crippen molar-refractivity contribution < 1.29 is 9.59 Å². The maximum Gasteiger partial charge on any atom is 0.163 e. The summed E-state index contributed by atoms with van der Waals surface area (Å²) in [5, 5.41) is 2.17. The molecule has 0 amide bonds. The number of carbonyl (C=O) groups is 2. The summed E-state index contributed by atoms with van der Waals surface area (Å²) in [6.07, 6.45) is 2.66. The summed E-state index contributed by atoms with van der Waals surface area (Å²) in [6.45, 7) is 3.63. The summed E-state index contributed by atoms with van der Waals surface area (Å²) < 4.78 is 0. The molecule has 0 saturated carbocycles. The molecule has 0 spiro atoms. The highest BCUT2D eigenvalue weighted by atomic mass is 16.1. The Bertz CT molecular complexity index is 636. The van der Waals surface area contributed by atoms with Gasteiger partial charge in [-0.15, -0.1) is 0 Å². The monoisotopic (exact) mass is 268 g/mol. The number of fused-ring (bicyclic) bond motifs is 1. The second kappa shape index (κ2) is 6.47. The van der Waals surface area contributed by atoms with Crippen molar-refractivity contribution in [3.05, 3.63) is 47.5 Å². The maximum absolute atomic E-state index is 12.4. The van der Waals surface area contributed by atoms with Crippen LogP contribution >= 0.6 is 0 Å². The molecule has 2 rings (SSSR count). The van der Waals surface area contributed by atoms with Crippen molar-refractivity contribution in [2.24, 2.45) is 0 Å². The van der Waals surface area contributed by atoms with E-state index in [0.717, 1.165) is 34.7 Å². The molecule has 0 radical (unpaired) electrons. The van der Waals surface area contributed by atoms with Gasteiger partial charge in [-0.05, 0) is 43.0 Å². The number of unbranched alkanes of at least 4 members (excludes halogenated alkanes) is 1. The van der Waals surface area contributed by atoms with Gasteiger partial charge in [0, 0.05) is 18.4 Å². The number of ketones is 2. The average Bonchev–Trinajstić information content (AvgIpc) is 2.43. The molecule has 0 aromatic heterocycles. The normalized spacial score (nSPS) is 10.7. The topological polar surface area (TPSA) is 34.1 Å². The van der Waals surface area contributed by atoms with Crippen LogP contribution < -0.4 is 0 Å². The number of Topliss-reactive ketones (excluding diaryl/α,β-unsaturated/α-hetero) is 2. The van der Waals surface area contributed by atoms with Crippen molar-refractivity contribution in [3.63, 3.8) is 0 Å². The van der Waals surface area contributed by atoms with Gasteiger partial charge in [-0.2, -0.15) is 0 Å². The van der Waals surface area contributed by atoms with Crippen LogP contribution in [0.3, 0.4) is 0 Å². The van der Waals surface area contributed by atoms with Crippen molar-refractivity contribution in [3.8, 4) is 0 Å². The lowest BCUT2D eigenvalue weighted by Gasteiger charge is -2.08. The molecule has 0 aliphatic rings. The Morgan fingerprint density at radius 2 is 1.60 bits per heavy atom. The lowest BCUT2D eigenvalue weighted by molar-refractivity contribution is -0.117. The molecule has 0 aliphatic heterocycles. The van der Waals surface area contributed by atoms with E-state index in [2.05, 4.69) is 0 Å². The third-order valence-corrected chi connectivity index (χ3v) is 3.60. The van der Waals surface area contributed by atoms with Crippen LogP contribution in [0, 0.1) is 6.92 Å². The van der Waals surface area contributed by atoms with E-state index in [0.29, 0.717) is 12.8 Å². The number of benzene rings is 2.